The molecular weight excluding hydrogens is 322 g/mol. The third-order valence-corrected chi connectivity index (χ3v) is 4.87. The maximum absolute atomic E-state index is 3.69. The third-order valence-electron chi connectivity index (χ3n) is 4.38. The fourth-order valence-corrected chi connectivity index (χ4v) is 3.48. The predicted octanol–water partition coefficient (Wildman–Crippen LogP) is 4.92. The molecule has 2 heteroatoms. The van der Waals surface area contributed by atoms with E-state index in [9.17, 15) is 0 Å². The highest BCUT2D eigenvalue weighted by Gasteiger charge is 2.29. The smallest absolute Gasteiger partial charge is 0.0178 e. The summed E-state index contributed by atoms with van der Waals surface area (Å²) in [6.45, 7) is 1.13. The highest BCUT2D eigenvalue weighted by atomic mass is 79.9. The van der Waals surface area contributed by atoms with Gasteiger partial charge in [-0.05, 0) is 61.4 Å². The van der Waals surface area contributed by atoms with Crippen molar-refractivity contribution in [2.45, 2.75) is 37.6 Å². The van der Waals surface area contributed by atoms with E-state index in [2.05, 4.69) is 75.8 Å². The van der Waals surface area contributed by atoms with Gasteiger partial charge < -0.3 is 5.32 Å². The number of halogens is 1. The molecule has 0 heterocycles. The summed E-state index contributed by atoms with van der Waals surface area (Å²) >= 11 is 3.56. The Hall–Kier alpha value is -1.12. The van der Waals surface area contributed by atoms with Crippen LogP contribution in [0.15, 0.2) is 59.1 Å². The van der Waals surface area contributed by atoms with Crippen LogP contribution >= 0.6 is 15.9 Å². The van der Waals surface area contributed by atoms with Gasteiger partial charge in [-0.3, -0.25) is 0 Å². The Morgan fingerprint density at radius 1 is 1.00 bits per heavy atom. The van der Waals surface area contributed by atoms with Gasteiger partial charge in [0.25, 0.3) is 0 Å². The molecule has 0 bridgehead atoms. The van der Waals surface area contributed by atoms with Crippen LogP contribution < -0.4 is 5.32 Å². The quantitative estimate of drug-likeness (QED) is 0.734. The average Bonchev–Trinajstić information content (AvgIpc) is 2.46. The number of hydrogen-bond acceptors (Lipinski definition) is 1. The first-order chi connectivity index (χ1) is 10.3. The van der Waals surface area contributed by atoms with Crippen molar-refractivity contribution < 1.29 is 0 Å². The molecule has 2 aromatic carbocycles. The van der Waals surface area contributed by atoms with Gasteiger partial charge in [-0.1, -0.05) is 58.4 Å². The lowest BCUT2D eigenvalue weighted by Gasteiger charge is -2.36. The van der Waals surface area contributed by atoms with Crippen molar-refractivity contribution in [3.8, 4) is 0 Å². The molecule has 1 aliphatic rings. The van der Waals surface area contributed by atoms with Crippen LogP contribution in [0.4, 0.5) is 0 Å². The van der Waals surface area contributed by atoms with E-state index in [-0.39, 0.29) is 0 Å². The van der Waals surface area contributed by atoms with Crippen LogP contribution in [0.3, 0.4) is 0 Å². The zero-order valence-electron chi connectivity index (χ0n) is 12.3. The summed E-state index contributed by atoms with van der Waals surface area (Å²) in [6.07, 6.45) is 4.96. The summed E-state index contributed by atoms with van der Waals surface area (Å²) < 4.78 is 1.19. The van der Waals surface area contributed by atoms with Gasteiger partial charge in [-0.25, -0.2) is 0 Å². The zero-order chi connectivity index (χ0) is 14.5. The van der Waals surface area contributed by atoms with Crippen LogP contribution in [-0.2, 0) is 6.42 Å². The summed E-state index contributed by atoms with van der Waals surface area (Å²) in [5.74, 6) is 0.745. The molecule has 2 aromatic rings. The van der Waals surface area contributed by atoms with Gasteiger partial charge in [0.05, 0.1) is 0 Å². The monoisotopic (exact) mass is 343 g/mol. The molecule has 1 nitrogen and oxygen atoms in total. The number of aryl methyl sites for hydroxylation is 1. The Labute approximate surface area is 135 Å². The Kier molecular flexibility index (Phi) is 5.10. The second-order valence-corrected chi connectivity index (χ2v) is 6.88. The lowest BCUT2D eigenvalue weighted by Crippen LogP contribution is -2.40. The molecule has 1 fully saturated rings. The number of rotatable bonds is 6. The summed E-state index contributed by atoms with van der Waals surface area (Å²) in [5.41, 5.74) is 2.92. The van der Waals surface area contributed by atoms with Crippen molar-refractivity contribution in [1.82, 2.24) is 5.32 Å². The van der Waals surface area contributed by atoms with E-state index in [0.717, 1.165) is 12.5 Å². The van der Waals surface area contributed by atoms with Crippen LogP contribution in [0.2, 0.25) is 0 Å². The van der Waals surface area contributed by atoms with Crippen LogP contribution in [0.5, 0.6) is 0 Å². The molecular formula is C19H22BrN. The number of nitrogens with one attached hydrogen (secondary N) is 1. The molecule has 0 aromatic heterocycles. The zero-order valence-corrected chi connectivity index (χ0v) is 13.9. The van der Waals surface area contributed by atoms with Gasteiger partial charge in [0.1, 0.15) is 0 Å². The van der Waals surface area contributed by atoms with E-state index in [1.165, 1.54) is 41.3 Å². The third kappa shape index (κ3) is 4.18. The first-order valence-corrected chi connectivity index (χ1v) is 8.63. The molecule has 0 radical (unpaired) electrons. The molecule has 0 amide bonds. The van der Waals surface area contributed by atoms with E-state index in [1.807, 2.05) is 0 Å². The molecule has 0 unspecified atom stereocenters. The van der Waals surface area contributed by atoms with E-state index in [0.29, 0.717) is 6.04 Å². The van der Waals surface area contributed by atoms with Gasteiger partial charge in [0, 0.05) is 10.5 Å². The molecule has 1 saturated carbocycles. The fourth-order valence-electron chi connectivity index (χ4n) is 3.06. The normalized spacial score (nSPS) is 21.0. The summed E-state index contributed by atoms with van der Waals surface area (Å²) in [4.78, 5) is 0. The topological polar surface area (TPSA) is 12.0 Å². The van der Waals surface area contributed by atoms with Gasteiger partial charge in [0.15, 0.2) is 0 Å². The molecule has 21 heavy (non-hydrogen) atoms. The molecule has 110 valence electrons. The van der Waals surface area contributed by atoms with Crippen molar-refractivity contribution in [1.29, 1.82) is 0 Å². The second-order valence-electron chi connectivity index (χ2n) is 5.96. The van der Waals surface area contributed by atoms with E-state index >= 15 is 0 Å². The SMILES string of the molecule is Brc1cccc(C2CC(NCCCc3ccccc3)C2)c1. The van der Waals surface area contributed by atoms with Crippen molar-refractivity contribution in [2.24, 2.45) is 0 Å². The van der Waals surface area contributed by atoms with Gasteiger partial charge in [0.2, 0.25) is 0 Å². The van der Waals surface area contributed by atoms with Crippen molar-refractivity contribution in [3.05, 3.63) is 70.2 Å². The van der Waals surface area contributed by atoms with Gasteiger partial charge in [-0.15, -0.1) is 0 Å². The van der Waals surface area contributed by atoms with Gasteiger partial charge in [-0.2, -0.15) is 0 Å². The van der Waals surface area contributed by atoms with Crippen LogP contribution in [0, 0.1) is 0 Å². The maximum atomic E-state index is 3.69. The Balaban J connectivity index is 1.34. The van der Waals surface area contributed by atoms with Crippen molar-refractivity contribution in [3.63, 3.8) is 0 Å². The molecule has 0 atom stereocenters. The molecule has 1 aliphatic carbocycles. The molecule has 3 rings (SSSR count). The fraction of sp³-hybridized carbons (Fsp3) is 0.368. The van der Waals surface area contributed by atoms with Crippen LogP contribution in [0.25, 0.3) is 0 Å². The minimum Gasteiger partial charge on any atom is -0.314 e. The minimum absolute atomic E-state index is 0.713. The summed E-state index contributed by atoms with van der Waals surface area (Å²) in [5, 5.41) is 3.69. The van der Waals surface area contributed by atoms with Crippen LogP contribution in [-0.4, -0.2) is 12.6 Å². The highest BCUT2D eigenvalue weighted by molar-refractivity contribution is 9.10. The first kappa shape index (κ1) is 14.8. The number of hydrogen-bond donors (Lipinski definition) is 1. The molecule has 0 saturated heterocycles. The average molecular weight is 344 g/mol. The predicted molar refractivity (Wildman–Crippen MR) is 92.7 cm³/mol. The maximum Gasteiger partial charge on any atom is 0.0178 e. The molecule has 0 spiro atoms. The minimum atomic E-state index is 0.713. The number of benzene rings is 2. The van der Waals surface area contributed by atoms with Crippen molar-refractivity contribution >= 4 is 15.9 Å². The Bertz CT molecular complexity index is 561. The summed E-state index contributed by atoms with van der Waals surface area (Å²) in [6, 6.07) is 20.2. The lowest BCUT2D eigenvalue weighted by atomic mass is 9.76. The van der Waals surface area contributed by atoms with Crippen LogP contribution in [0.1, 0.15) is 36.3 Å². The van der Waals surface area contributed by atoms with E-state index in [4.69, 9.17) is 0 Å². The standard InChI is InChI=1S/C19H22BrN/c20-18-10-4-9-16(12-18)17-13-19(14-17)21-11-5-8-15-6-2-1-3-7-15/h1-4,6-7,9-10,12,17,19,21H,5,8,11,13-14H2. The second kappa shape index (κ2) is 7.24. The molecule has 1 N–H and O–H groups in total. The molecule has 0 aliphatic heterocycles. The Morgan fingerprint density at radius 3 is 2.57 bits per heavy atom. The Morgan fingerprint density at radius 2 is 1.81 bits per heavy atom. The highest BCUT2D eigenvalue weighted by Crippen LogP contribution is 2.37. The summed E-state index contributed by atoms with van der Waals surface area (Å²) in [7, 11) is 0. The van der Waals surface area contributed by atoms with E-state index < -0.39 is 0 Å². The van der Waals surface area contributed by atoms with Crippen molar-refractivity contribution in [2.75, 3.05) is 6.54 Å². The first-order valence-electron chi connectivity index (χ1n) is 7.84. The van der Waals surface area contributed by atoms with Gasteiger partial charge >= 0.3 is 0 Å². The lowest BCUT2D eigenvalue weighted by molar-refractivity contribution is 0.290. The largest absolute Gasteiger partial charge is 0.314 e. The van der Waals surface area contributed by atoms with E-state index in [1.54, 1.807) is 0 Å².